The van der Waals surface area contributed by atoms with Gasteiger partial charge >= 0.3 is 0 Å². The van der Waals surface area contributed by atoms with Gasteiger partial charge in [0.25, 0.3) is 10.0 Å². The second kappa shape index (κ2) is 6.17. The summed E-state index contributed by atoms with van der Waals surface area (Å²) in [5, 5.41) is 0.244. The predicted molar refractivity (Wildman–Crippen MR) is 86.3 cm³/mol. The molecule has 0 spiro atoms. The Morgan fingerprint density at radius 3 is 2.57 bits per heavy atom. The van der Waals surface area contributed by atoms with Crippen LogP contribution in [0.3, 0.4) is 0 Å². The first-order chi connectivity index (χ1) is 9.79. The molecule has 1 N–H and O–H groups in total. The van der Waals surface area contributed by atoms with Crippen molar-refractivity contribution >= 4 is 49.1 Å². The van der Waals surface area contributed by atoms with Gasteiger partial charge in [0.2, 0.25) is 0 Å². The molecule has 21 heavy (non-hydrogen) atoms. The highest BCUT2D eigenvalue weighted by atomic mass is 79.9. The molecule has 0 fully saturated rings. The van der Waals surface area contributed by atoms with Gasteiger partial charge in [-0.2, -0.15) is 0 Å². The van der Waals surface area contributed by atoms with Crippen LogP contribution in [0.15, 0.2) is 40.1 Å². The fourth-order valence-electron chi connectivity index (χ4n) is 1.62. The summed E-state index contributed by atoms with van der Waals surface area (Å²) < 4.78 is 28.1. The fraction of sp³-hybridized carbons (Fsp3) is 0.167. The van der Waals surface area contributed by atoms with Crippen LogP contribution in [0, 0.1) is 0 Å². The number of sulfonamides is 1. The molecule has 6 nitrogen and oxygen atoms in total. The van der Waals surface area contributed by atoms with Crippen molar-refractivity contribution in [3.8, 4) is 0 Å². The van der Waals surface area contributed by atoms with Crippen LogP contribution in [0.25, 0.3) is 0 Å². The third kappa shape index (κ3) is 3.84. The summed E-state index contributed by atoms with van der Waals surface area (Å²) in [6.07, 6.45) is 4.37. The smallest absolute Gasteiger partial charge is 0.265 e. The van der Waals surface area contributed by atoms with Crippen LogP contribution in [0.4, 0.5) is 11.5 Å². The van der Waals surface area contributed by atoms with Gasteiger partial charge in [0.15, 0.2) is 0 Å². The molecule has 0 aliphatic rings. The molecule has 112 valence electrons. The molecule has 9 heteroatoms. The number of anilines is 2. The Kier molecular flexibility index (Phi) is 4.70. The van der Waals surface area contributed by atoms with Gasteiger partial charge < -0.3 is 4.90 Å². The van der Waals surface area contributed by atoms with E-state index < -0.39 is 10.0 Å². The molecule has 2 heterocycles. The lowest BCUT2D eigenvalue weighted by molar-refractivity contribution is 0.600. The standard InChI is InChI=1S/C12H12BrClN4O2S/c1-18(2)12-11(4-9(14)6-16-12)21(19,20)17-10-3-8(13)5-15-7-10/h3-7,17H,1-2H3. The lowest BCUT2D eigenvalue weighted by Crippen LogP contribution is -2.20. The first-order valence-electron chi connectivity index (χ1n) is 5.76. The van der Waals surface area contributed by atoms with Crippen LogP contribution in [-0.4, -0.2) is 32.5 Å². The minimum atomic E-state index is -3.83. The van der Waals surface area contributed by atoms with E-state index in [1.807, 2.05) is 0 Å². The first-order valence-corrected chi connectivity index (χ1v) is 8.41. The molecule has 0 bridgehead atoms. The van der Waals surface area contributed by atoms with Crippen molar-refractivity contribution in [2.45, 2.75) is 4.90 Å². The zero-order valence-corrected chi connectivity index (χ0v) is 14.4. The molecule has 0 aliphatic heterocycles. The predicted octanol–water partition coefficient (Wildman–Crippen LogP) is 2.76. The maximum Gasteiger partial charge on any atom is 0.265 e. The van der Waals surface area contributed by atoms with E-state index in [-0.39, 0.29) is 9.92 Å². The zero-order chi connectivity index (χ0) is 15.6. The Morgan fingerprint density at radius 2 is 1.95 bits per heavy atom. The third-order valence-electron chi connectivity index (χ3n) is 2.47. The Hall–Kier alpha value is -1.38. The summed E-state index contributed by atoms with van der Waals surface area (Å²) in [5.74, 6) is 0.301. The van der Waals surface area contributed by atoms with Crippen molar-refractivity contribution in [2.24, 2.45) is 0 Å². The number of rotatable bonds is 4. The van der Waals surface area contributed by atoms with Crippen molar-refractivity contribution < 1.29 is 8.42 Å². The molecular formula is C12H12BrClN4O2S. The van der Waals surface area contributed by atoms with Gasteiger partial charge in [-0.1, -0.05) is 11.6 Å². The van der Waals surface area contributed by atoms with E-state index in [1.165, 1.54) is 18.5 Å². The maximum atomic E-state index is 12.5. The monoisotopic (exact) mass is 390 g/mol. The number of hydrogen-bond donors (Lipinski definition) is 1. The molecule has 0 atom stereocenters. The number of aromatic nitrogens is 2. The molecule has 0 aromatic carbocycles. The second-order valence-electron chi connectivity index (χ2n) is 4.37. The van der Waals surface area contributed by atoms with Crippen LogP contribution >= 0.6 is 27.5 Å². The van der Waals surface area contributed by atoms with Crippen LogP contribution < -0.4 is 9.62 Å². The quantitative estimate of drug-likeness (QED) is 0.867. The zero-order valence-electron chi connectivity index (χ0n) is 11.2. The highest BCUT2D eigenvalue weighted by Gasteiger charge is 2.22. The number of halogens is 2. The van der Waals surface area contributed by atoms with Crippen molar-refractivity contribution in [1.29, 1.82) is 0 Å². The average molecular weight is 392 g/mol. The molecule has 0 amide bonds. The number of hydrogen-bond acceptors (Lipinski definition) is 5. The molecule has 2 aromatic heterocycles. The van der Waals surface area contributed by atoms with Gasteiger partial charge in [0.05, 0.1) is 16.9 Å². The summed E-state index contributed by atoms with van der Waals surface area (Å²) >= 11 is 9.10. The van der Waals surface area contributed by atoms with Gasteiger partial charge in [-0.15, -0.1) is 0 Å². The molecule has 0 aliphatic carbocycles. The van der Waals surface area contributed by atoms with Crippen LogP contribution in [0.5, 0.6) is 0 Å². The van der Waals surface area contributed by atoms with E-state index in [2.05, 4.69) is 30.6 Å². The van der Waals surface area contributed by atoms with Gasteiger partial charge in [0, 0.05) is 31.0 Å². The number of pyridine rings is 2. The molecular weight excluding hydrogens is 380 g/mol. The van der Waals surface area contributed by atoms with Gasteiger partial charge in [-0.05, 0) is 28.1 Å². The summed E-state index contributed by atoms with van der Waals surface area (Å²) in [6, 6.07) is 2.97. The topological polar surface area (TPSA) is 75.2 Å². The minimum Gasteiger partial charge on any atom is -0.362 e. The van der Waals surface area contributed by atoms with Gasteiger partial charge in [-0.25, -0.2) is 13.4 Å². The third-order valence-corrected chi connectivity index (χ3v) is 4.49. The fourth-order valence-corrected chi connectivity index (χ4v) is 3.50. The Balaban J connectivity index is 2.47. The molecule has 0 radical (unpaired) electrons. The van der Waals surface area contributed by atoms with Crippen LogP contribution in [-0.2, 0) is 10.0 Å². The summed E-state index contributed by atoms with van der Waals surface area (Å²) in [7, 11) is -0.419. The van der Waals surface area contributed by atoms with Crippen molar-refractivity contribution in [3.63, 3.8) is 0 Å². The molecule has 0 saturated heterocycles. The first kappa shape index (κ1) is 16.0. The van der Waals surface area contributed by atoms with Crippen molar-refractivity contribution in [1.82, 2.24) is 9.97 Å². The molecule has 2 rings (SSSR count). The highest BCUT2D eigenvalue weighted by Crippen LogP contribution is 2.26. The number of nitrogens with one attached hydrogen (secondary N) is 1. The van der Waals surface area contributed by atoms with E-state index in [0.717, 1.165) is 0 Å². The summed E-state index contributed by atoms with van der Waals surface area (Å²) in [4.78, 5) is 9.57. The Bertz CT molecular complexity index is 768. The van der Waals surface area contributed by atoms with Crippen molar-refractivity contribution in [3.05, 3.63) is 40.2 Å². The van der Waals surface area contributed by atoms with E-state index in [0.29, 0.717) is 16.0 Å². The van der Waals surface area contributed by atoms with E-state index in [9.17, 15) is 8.42 Å². The van der Waals surface area contributed by atoms with Crippen molar-refractivity contribution in [2.75, 3.05) is 23.7 Å². The maximum absolute atomic E-state index is 12.5. The van der Waals surface area contributed by atoms with Crippen LogP contribution in [0.2, 0.25) is 5.02 Å². The molecule has 0 unspecified atom stereocenters. The largest absolute Gasteiger partial charge is 0.362 e. The van der Waals surface area contributed by atoms with E-state index >= 15 is 0 Å². The average Bonchev–Trinajstić information content (AvgIpc) is 2.37. The minimum absolute atomic E-state index is 0.0000227. The SMILES string of the molecule is CN(C)c1ncc(Cl)cc1S(=O)(=O)Nc1cncc(Br)c1. The Morgan fingerprint density at radius 1 is 1.24 bits per heavy atom. The normalized spacial score (nSPS) is 11.2. The number of nitrogens with zero attached hydrogens (tertiary/aromatic N) is 3. The van der Waals surface area contributed by atoms with E-state index in [1.54, 1.807) is 31.3 Å². The highest BCUT2D eigenvalue weighted by molar-refractivity contribution is 9.10. The lowest BCUT2D eigenvalue weighted by atomic mass is 10.4. The molecule has 2 aromatic rings. The second-order valence-corrected chi connectivity index (χ2v) is 7.37. The Labute approximate surface area is 136 Å². The lowest BCUT2D eigenvalue weighted by Gasteiger charge is -2.17. The van der Waals surface area contributed by atoms with E-state index in [4.69, 9.17) is 11.6 Å². The van der Waals surface area contributed by atoms with Crippen LogP contribution in [0.1, 0.15) is 0 Å². The summed E-state index contributed by atoms with van der Waals surface area (Å²) in [6.45, 7) is 0. The summed E-state index contributed by atoms with van der Waals surface area (Å²) in [5.41, 5.74) is 0.342. The molecule has 0 saturated carbocycles. The van der Waals surface area contributed by atoms with Gasteiger partial charge in [-0.3, -0.25) is 9.71 Å². The van der Waals surface area contributed by atoms with Gasteiger partial charge in [0.1, 0.15) is 10.7 Å².